The number of aryl methyl sites for hydroxylation is 1. The first-order valence-corrected chi connectivity index (χ1v) is 10.0. The van der Waals surface area contributed by atoms with E-state index in [1.54, 1.807) is 12.1 Å². The van der Waals surface area contributed by atoms with Crippen molar-refractivity contribution < 1.29 is 14.0 Å². The third-order valence-electron chi connectivity index (χ3n) is 4.41. The minimum absolute atomic E-state index is 0.0684. The number of nitrogens with two attached hydrogens (primary N) is 1. The summed E-state index contributed by atoms with van der Waals surface area (Å²) in [6, 6.07) is 9.20. The van der Waals surface area contributed by atoms with Crippen molar-refractivity contribution in [3.8, 4) is 0 Å². The molecule has 0 atom stereocenters. The molecule has 1 amide bonds. The molecule has 1 aromatic carbocycles. The summed E-state index contributed by atoms with van der Waals surface area (Å²) in [5, 5.41) is 3.46. The number of benzene rings is 1. The van der Waals surface area contributed by atoms with Crippen LogP contribution in [-0.2, 0) is 16.0 Å². The Kier molecular flexibility index (Phi) is 8.74. The zero-order valence-electron chi connectivity index (χ0n) is 16.8. The zero-order valence-corrected chi connectivity index (χ0v) is 17.6. The molecule has 0 aliphatic heterocycles. The largest absolute Gasteiger partial charge is 0.469 e. The number of nitrogens with one attached hydrogen (secondary N) is 1. The average molecular weight is 415 g/mol. The Balaban J connectivity index is 1.95. The highest BCUT2D eigenvalue weighted by Crippen LogP contribution is 2.26. The summed E-state index contributed by atoms with van der Waals surface area (Å²) in [6.07, 6.45) is 7.50. The quantitative estimate of drug-likeness (QED) is 0.557. The highest BCUT2D eigenvalue weighted by molar-refractivity contribution is 6.30. The molecule has 0 fully saturated rings. The second-order valence-electron chi connectivity index (χ2n) is 6.81. The van der Waals surface area contributed by atoms with Gasteiger partial charge in [-0.2, -0.15) is 0 Å². The smallest absolute Gasteiger partial charge is 0.267 e. The van der Waals surface area contributed by atoms with Crippen LogP contribution in [0.4, 0.5) is 0 Å². The maximum absolute atomic E-state index is 12.2. The fourth-order valence-electron chi connectivity index (χ4n) is 2.89. The molecule has 0 spiro atoms. The molecule has 0 unspecified atom stereocenters. The van der Waals surface area contributed by atoms with E-state index in [1.165, 1.54) is 6.26 Å². The lowest BCUT2D eigenvalue weighted by atomic mass is 9.96. The maximum atomic E-state index is 12.2. The minimum atomic E-state index is -0.463. The molecule has 6 heteroatoms. The van der Waals surface area contributed by atoms with Crippen molar-refractivity contribution in [2.45, 2.75) is 39.5 Å². The summed E-state index contributed by atoms with van der Waals surface area (Å²) in [6.45, 7) is 4.56. The van der Waals surface area contributed by atoms with Crippen LogP contribution in [0.25, 0.3) is 5.57 Å². The molecule has 2 rings (SSSR count). The van der Waals surface area contributed by atoms with Gasteiger partial charge in [0.2, 0.25) is 0 Å². The van der Waals surface area contributed by atoms with E-state index >= 15 is 0 Å². The number of allylic oxidation sites excluding steroid dienone is 2. The lowest BCUT2D eigenvalue weighted by molar-refractivity contribution is -0.118. The van der Waals surface area contributed by atoms with Crippen molar-refractivity contribution in [1.29, 1.82) is 0 Å². The van der Waals surface area contributed by atoms with E-state index in [4.69, 9.17) is 21.8 Å². The van der Waals surface area contributed by atoms with Crippen LogP contribution in [0.3, 0.4) is 0 Å². The number of unbranched alkanes of at least 4 members (excludes halogenated alkanes) is 1. The van der Waals surface area contributed by atoms with E-state index in [2.05, 4.69) is 18.3 Å². The summed E-state index contributed by atoms with van der Waals surface area (Å²) >= 11 is 6.16. The highest BCUT2D eigenvalue weighted by Gasteiger charge is 2.11. The lowest BCUT2D eigenvalue weighted by Gasteiger charge is -2.13. The van der Waals surface area contributed by atoms with Gasteiger partial charge in [0.15, 0.2) is 5.78 Å². The van der Waals surface area contributed by atoms with Crippen molar-refractivity contribution in [3.63, 3.8) is 0 Å². The highest BCUT2D eigenvalue weighted by atomic mass is 35.5. The Bertz CT molecular complexity index is 899. The van der Waals surface area contributed by atoms with Gasteiger partial charge in [0.25, 0.3) is 5.91 Å². The van der Waals surface area contributed by atoms with Gasteiger partial charge < -0.3 is 15.5 Å². The number of furan rings is 1. The molecule has 1 heterocycles. The van der Waals surface area contributed by atoms with Crippen LogP contribution in [0.2, 0.25) is 5.02 Å². The molecule has 1 aromatic heterocycles. The van der Waals surface area contributed by atoms with Gasteiger partial charge in [0.05, 0.1) is 12.7 Å². The molecule has 0 saturated heterocycles. The second-order valence-corrected chi connectivity index (χ2v) is 7.24. The van der Waals surface area contributed by atoms with Crippen LogP contribution in [0.5, 0.6) is 0 Å². The monoisotopic (exact) mass is 414 g/mol. The predicted octanol–water partition coefficient (Wildman–Crippen LogP) is 4.59. The molecule has 2 aromatic rings. The molecule has 5 nitrogen and oxygen atoms in total. The van der Waals surface area contributed by atoms with E-state index < -0.39 is 5.91 Å². The SMILES string of the molecule is CCC/C=C(/CCNC(=O)C(N)=CC(=O)Cc1ccco1)c1cc(Cl)ccc1C. The molecule has 154 valence electrons. The van der Waals surface area contributed by atoms with E-state index in [0.29, 0.717) is 23.7 Å². The Morgan fingerprint density at radius 3 is 2.76 bits per heavy atom. The number of hydrogen-bond donors (Lipinski definition) is 2. The average Bonchev–Trinajstić information content (AvgIpc) is 3.19. The van der Waals surface area contributed by atoms with Crippen molar-refractivity contribution in [2.24, 2.45) is 5.73 Å². The summed E-state index contributed by atoms with van der Waals surface area (Å²) in [5.41, 5.74) is 8.99. The van der Waals surface area contributed by atoms with Gasteiger partial charge in [-0.25, -0.2) is 0 Å². The molecule has 29 heavy (non-hydrogen) atoms. The summed E-state index contributed by atoms with van der Waals surface area (Å²) in [5.74, 6) is -0.219. The molecule has 0 saturated carbocycles. The molecular weight excluding hydrogens is 388 g/mol. The zero-order chi connectivity index (χ0) is 21.2. The minimum Gasteiger partial charge on any atom is -0.469 e. The molecular formula is C23H27ClN2O3. The first-order valence-electron chi connectivity index (χ1n) is 9.66. The second kappa shape index (κ2) is 11.3. The van der Waals surface area contributed by atoms with Crippen molar-refractivity contribution in [2.75, 3.05) is 6.54 Å². The number of carbonyl (C=O) groups is 2. The van der Waals surface area contributed by atoms with Crippen molar-refractivity contribution >= 4 is 28.9 Å². The fraction of sp³-hybridized carbons (Fsp3) is 0.304. The Labute approximate surface area is 176 Å². The van der Waals surface area contributed by atoms with E-state index in [9.17, 15) is 9.59 Å². The van der Waals surface area contributed by atoms with Crippen LogP contribution in [0, 0.1) is 6.92 Å². The van der Waals surface area contributed by atoms with Crippen LogP contribution in [0.15, 0.2) is 58.9 Å². The molecule has 0 bridgehead atoms. The summed E-state index contributed by atoms with van der Waals surface area (Å²) in [4.78, 5) is 24.2. The molecule has 0 aliphatic rings. The van der Waals surface area contributed by atoms with Crippen LogP contribution in [-0.4, -0.2) is 18.2 Å². The van der Waals surface area contributed by atoms with E-state index in [-0.39, 0.29) is 17.9 Å². The Morgan fingerprint density at radius 2 is 2.07 bits per heavy atom. The predicted molar refractivity (Wildman–Crippen MR) is 116 cm³/mol. The standard InChI is InChI=1S/C23H27ClN2O3/c1-3-4-6-17(21-13-18(24)9-8-16(21)2)10-11-26-23(28)22(25)15-19(27)14-20-7-5-12-29-20/h5-9,12-13,15H,3-4,10-11,14,25H2,1-2H3,(H,26,28)/b17-6-,22-15?. The number of rotatable bonds is 10. The normalized spacial score (nSPS) is 12.1. The van der Waals surface area contributed by atoms with Gasteiger partial charge in [0.1, 0.15) is 11.5 Å². The molecule has 0 aliphatic carbocycles. The summed E-state index contributed by atoms with van der Waals surface area (Å²) < 4.78 is 5.12. The van der Waals surface area contributed by atoms with Gasteiger partial charge in [-0.05, 0) is 60.7 Å². The van der Waals surface area contributed by atoms with Gasteiger partial charge in [-0.3, -0.25) is 9.59 Å². The van der Waals surface area contributed by atoms with Crippen LogP contribution in [0.1, 0.15) is 43.1 Å². The van der Waals surface area contributed by atoms with Gasteiger partial charge >= 0.3 is 0 Å². The first kappa shape index (κ1) is 22.5. The Morgan fingerprint density at radius 1 is 1.28 bits per heavy atom. The van der Waals surface area contributed by atoms with Crippen molar-refractivity contribution in [3.05, 3.63) is 76.4 Å². The number of ketones is 1. The topological polar surface area (TPSA) is 85.3 Å². The number of hydrogen-bond acceptors (Lipinski definition) is 4. The van der Waals surface area contributed by atoms with Gasteiger partial charge in [-0.15, -0.1) is 0 Å². The summed E-state index contributed by atoms with van der Waals surface area (Å²) in [7, 11) is 0. The maximum Gasteiger partial charge on any atom is 0.267 e. The van der Waals surface area contributed by atoms with Gasteiger partial charge in [0, 0.05) is 17.6 Å². The third-order valence-corrected chi connectivity index (χ3v) is 4.65. The number of carbonyl (C=O) groups excluding carboxylic acids is 2. The number of halogens is 1. The van der Waals surface area contributed by atoms with E-state index in [1.807, 2.05) is 25.1 Å². The lowest BCUT2D eigenvalue weighted by Crippen LogP contribution is -2.30. The van der Waals surface area contributed by atoms with E-state index in [0.717, 1.165) is 35.6 Å². The van der Waals surface area contributed by atoms with Crippen LogP contribution < -0.4 is 11.1 Å². The first-order chi connectivity index (χ1) is 13.9. The van der Waals surface area contributed by atoms with Crippen molar-refractivity contribution in [1.82, 2.24) is 5.32 Å². The van der Waals surface area contributed by atoms with Gasteiger partial charge in [-0.1, -0.05) is 37.1 Å². The third kappa shape index (κ3) is 7.27. The van der Waals surface area contributed by atoms with Crippen LogP contribution >= 0.6 is 11.6 Å². The Hall–Kier alpha value is -2.79. The molecule has 0 radical (unpaired) electrons. The molecule has 3 N–H and O–H groups in total. The number of amides is 1. The fourth-order valence-corrected chi connectivity index (χ4v) is 3.07.